The van der Waals surface area contributed by atoms with Crippen LogP contribution >= 0.6 is 0 Å². The average molecular weight is 414 g/mol. The molecule has 0 radical (unpaired) electrons. The van der Waals surface area contributed by atoms with Crippen molar-refractivity contribution in [3.63, 3.8) is 0 Å². The molecule has 0 bridgehead atoms. The summed E-state index contributed by atoms with van der Waals surface area (Å²) in [6, 6.07) is 0. The molecule has 0 saturated carbocycles. The topological polar surface area (TPSA) is 157 Å². The third kappa shape index (κ3) is 6.03. The Bertz CT molecular complexity index is 417. The summed E-state index contributed by atoms with van der Waals surface area (Å²) in [5.74, 6) is 0.119. The first-order chi connectivity index (χ1) is 13.3. The molecule has 11 heteroatoms. The largest absolute Gasteiger partial charge is 0.394 e. The van der Waals surface area contributed by atoms with E-state index in [2.05, 4.69) is 4.74 Å². The van der Waals surface area contributed by atoms with Gasteiger partial charge < -0.3 is 54.0 Å². The van der Waals surface area contributed by atoms with Gasteiger partial charge in [0.1, 0.15) is 36.6 Å². The molecular formula is C17H34O11. The zero-order valence-electron chi connectivity index (χ0n) is 16.9. The van der Waals surface area contributed by atoms with Crippen molar-refractivity contribution in [3.8, 4) is 0 Å². The summed E-state index contributed by atoms with van der Waals surface area (Å²) in [4.78, 5) is 0. The van der Waals surface area contributed by atoms with Gasteiger partial charge in [-0.3, -0.25) is 0 Å². The molecule has 0 aromatic heterocycles. The second-order valence-corrected chi connectivity index (χ2v) is 6.71. The summed E-state index contributed by atoms with van der Waals surface area (Å²) < 4.78 is 31.7. The predicted octanol–water partition coefficient (Wildman–Crippen LogP) is -2.55. The fourth-order valence-corrected chi connectivity index (χ4v) is 3.32. The summed E-state index contributed by atoms with van der Waals surface area (Å²) in [6.07, 6.45) is -7.67. The van der Waals surface area contributed by atoms with Crippen LogP contribution < -0.4 is 0 Å². The molecule has 2 aliphatic rings. The number of ether oxygens (including phenoxy) is 6. The minimum absolute atomic E-state index is 0.0520. The van der Waals surface area contributed by atoms with Gasteiger partial charge in [0.15, 0.2) is 12.6 Å². The van der Waals surface area contributed by atoms with Gasteiger partial charge in [0.2, 0.25) is 0 Å². The zero-order chi connectivity index (χ0) is 21.4. The molecule has 2 saturated heterocycles. The van der Waals surface area contributed by atoms with Gasteiger partial charge in [-0.2, -0.15) is 0 Å². The van der Waals surface area contributed by atoms with Gasteiger partial charge in [0.25, 0.3) is 0 Å². The Labute approximate surface area is 164 Å². The first-order valence-corrected chi connectivity index (χ1v) is 8.98. The second-order valence-electron chi connectivity index (χ2n) is 6.71. The maximum Gasteiger partial charge on any atom is 0.184 e. The molecular weight excluding hydrogens is 380 g/mol. The third-order valence-electron chi connectivity index (χ3n) is 4.92. The first kappa shape index (κ1) is 25.6. The SMILES string of the molecule is COCC1OC(OC)C(C)C(OC)C1OC.OCC1OC(O)C(O)C(O)C1O. The maximum atomic E-state index is 9.12. The lowest BCUT2D eigenvalue weighted by Gasteiger charge is -2.43. The molecule has 0 spiro atoms. The number of rotatable bonds is 6. The molecule has 2 fully saturated rings. The van der Waals surface area contributed by atoms with Crippen LogP contribution in [0.2, 0.25) is 0 Å². The highest BCUT2D eigenvalue weighted by molar-refractivity contribution is 4.89. The van der Waals surface area contributed by atoms with E-state index in [4.69, 9.17) is 49.2 Å². The molecule has 11 nitrogen and oxygen atoms in total. The summed E-state index contributed by atoms with van der Waals surface area (Å²) in [5, 5.41) is 44.7. The molecule has 5 N–H and O–H groups in total. The summed E-state index contributed by atoms with van der Waals surface area (Å²) in [6.45, 7) is 1.96. The lowest BCUT2D eigenvalue weighted by atomic mass is 9.92. The zero-order valence-corrected chi connectivity index (χ0v) is 16.9. The van der Waals surface area contributed by atoms with E-state index in [1.165, 1.54) is 0 Å². The maximum absolute atomic E-state index is 9.12. The van der Waals surface area contributed by atoms with E-state index < -0.39 is 37.3 Å². The Balaban J connectivity index is 0.000000292. The average Bonchev–Trinajstić information content (AvgIpc) is 2.70. The Morgan fingerprint density at radius 1 is 0.750 bits per heavy atom. The molecule has 168 valence electrons. The number of hydrogen-bond acceptors (Lipinski definition) is 11. The lowest BCUT2D eigenvalue weighted by Crippen LogP contribution is -2.58. The van der Waals surface area contributed by atoms with Crippen LogP contribution in [-0.4, -0.2) is 122 Å². The molecule has 10 atom stereocenters. The van der Waals surface area contributed by atoms with Crippen LogP contribution in [0.25, 0.3) is 0 Å². The van der Waals surface area contributed by atoms with Crippen molar-refractivity contribution in [2.24, 2.45) is 5.92 Å². The monoisotopic (exact) mass is 414 g/mol. The van der Waals surface area contributed by atoms with Crippen molar-refractivity contribution in [1.82, 2.24) is 0 Å². The Hall–Kier alpha value is -0.440. The van der Waals surface area contributed by atoms with Crippen molar-refractivity contribution in [2.75, 3.05) is 41.7 Å². The van der Waals surface area contributed by atoms with Crippen LogP contribution in [0.15, 0.2) is 0 Å². The van der Waals surface area contributed by atoms with Crippen molar-refractivity contribution >= 4 is 0 Å². The quantitative estimate of drug-likeness (QED) is 0.312. The van der Waals surface area contributed by atoms with Crippen LogP contribution in [-0.2, 0) is 28.4 Å². The van der Waals surface area contributed by atoms with Crippen LogP contribution in [0.4, 0.5) is 0 Å². The normalized spacial score (nSPS) is 43.9. The Morgan fingerprint density at radius 3 is 1.82 bits per heavy atom. The van der Waals surface area contributed by atoms with Crippen LogP contribution in [0, 0.1) is 5.92 Å². The van der Waals surface area contributed by atoms with Crippen LogP contribution in [0.3, 0.4) is 0 Å². The van der Waals surface area contributed by atoms with E-state index in [0.29, 0.717) is 6.61 Å². The molecule has 0 aromatic rings. The number of hydrogen-bond donors (Lipinski definition) is 5. The summed E-state index contributed by atoms with van der Waals surface area (Å²) in [5.41, 5.74) is 0. The van der Waals surface area contributed by atoms with E-state index in [1.807, 2.05) is 6.92 Å². The van der Waals surface area contributed by atoms with Crippen molar-refractivity contribution in [2.45, 2.75) is 62.2 Å². The van der Waals surface area contributed by atoms with Gasteiger partial charge in [0.05, 0.1) is 19.3 Å². The lowest BCUT2D eigenvalue weighted by molar-refractivity contribution is -0.286. The van der Waals surface area contributed by atoms with E-state index in [0.717, 1.165) is 0 Å². The van der Waals surface area contributed by atoms with Crippen molar-refractivity contribution in [3.05, 3.63) is 0 Å². The van der Waals surface area contributed by atoms with E-state index in [1.54, 1.807) is 28.4 Å². The van der Waals surface area contributed by atoms with Gasteiger partial charge in [-0.1, -0.05) is 6.92 Å². The molecule has 0 aliphatic carbocycles. The van der Waals surface area contributed by atoms with Crippen LogP contribution in [0.5, 0.6) is 0 Å². The smallest absolute Gasteiger partial charge is 0.184 e. The number of aliphatic hydroxyl groups is 5. The first-order valence-electron chi connectivity index (χ1n) is 8.98. The van der Waals surface area contributed by atoms with Gasteiger partial charge in [0, 0.05) is 34.4 Å². The van der Waals surface area contributed by atoms with Gasteiger partial charge in [-0.15, -0.1) is 0 Å². The summed E-state index contributed by atoms with van der Waals surface area (Å²) in [7, 11) is 6.60. The molecule has 2 heterocycles. The highest BCUT2D eigenvalue weighted by Crippen LogP contribution is 2.30. The van der Waals surface area contributed by atoms with Crippen molar-refractivity contribution < 1.29 is 54.0 Å². The van der Waals surface area contributed by atoms with Crippen molar-refractivity contribution in [1.29, 1.82) is 0 Å². The Morgan fingerprint density at radius 2 is 1.36 bits per heavy atom. The number of aliphatic hydroxyl groups excluding tert-OH is 5. The highest BCUT2D eigenvalue weighted by atomic mass is 16.7. The molecule has 10 unspecified atom stereocenters. The second kappa shape index (κ2) is 12.3. The highest BCUT2D eigenvalue weighted by Gasteiger charge is 2.44. The third-order valence-corrected chi connectivity index (χ3v) is 4.92. The van der Waals surface area contributed by atoms with Crippen LogP contribution in [0.1, 0.15) is 6.92 Å². The molecule has 2 aliphatic heterocycles. The fraction of sp³-hybridized carbons (Fsp3) is 1.00. The van der Waals surface area contributed by atoms with E-state index in [9.17, 15) is 0 Å². The standard InChI is InChI=1S/C11H22O5.C6H12O6/c1-7-9(13-3)10(14-4)8(6-12-2)16-11(7)15-5;7-1-2-3(8)4(9)5(10)6(11)12-2/h7-11H,6H2,1-5H3;2-11H,1H2. The minimum atomic E-state index is -1.57. The molecule has 28 heavy (non-hydrogen) atoms. The predicted molar refractivity (Wildman–Crippen MR) is 94.3 cm³/mol. The van der Waals surface area contributed by atoms with Gasteiger partial charge in [-0.05, 0) is 0 Å². The fourth-order valence-electron chi connectivity index (χ4n) is 3.32. The molecule has 0 aromatic carbocycles. The van der Waals surface area contributed by atoms with E-state index >= 15 is 0 Å². The van der Waals surface area contributed by atoms with E-state index in [-0.39, 0.29) is 30.5 Å². The van der Waals surface area contributed by atoms with Gasteiger partial charge in [-0.25, -0.2) is 0 Å². The number of methoxy groups -OCH3 is 4. The minimum Gasteiger partial charge on any atom is -0.394 e. The summed E-state index contributed by atoms with van der Waals surface area (Å²) >= 11 is 0. The molecule has 0 amide bonds. The van der Waals surface area contributed by atoms with Gasteiger partial charge >= 0.3 is 0 Å². The molecule has 2 rings (SSSR count). The Kier molecular flexibility index (Phi) is 11.2.